The van der Waals surface area contributed by atoms with Crippen LogP contribution in [0.4, 0.5) is 5.82 Å². The van der Waals surface area contributed by atoms with Gasteiger partial charge in [-0.15, -0.1) is 0 Å². The summed E-state index contributed by atoms with van der Waals surface area (Å²) in [4.78, 5) is 27.7. The van der Waals surface area contributed by atoms with Crippen molar-refractivity contribution in [3.8, 4) is 5.82 Å². The van der Waals surface area contributed by atoms with Crippen molar-refractivity contribution in [3.63, 3.8) is 0 Å². The second-order valence-electron chi connectivity index (χ2n) is 3.79. The number of nitrogens with zero attached hydrogens (tertiary/aromatic N) is 6. The van der Waals surface area contributed by atoms with Gasteiger partial charge in [-0.2, -0.15) is 5.10 Å². The molecule has 8 heteroatoms. The van der Waals surface area contributed by atoms with E-state index in [1.807, 2.05) is 0 Å². The molecule has 1 amide bonds. The third kappa shape index (κ3) is 2.48. The van der Waals surface area contributed by atoms with Gasteiger partial charge in [0.2, 0.25) is 0 Å². The molecule has 1 N–H and O–H groups in total. The van der Waals surface area contributed by atoms with E-state index in [0.29, 0.717) is 17.2 Å². The third-order valence-electron chi connectivity index (χ3n) is 2.49. The van der Waals surface area contributed by atoms with E-state index in [1.54, 1.807) is 30.6 Å². The lowest BCUT2D eigenvalue weighted by atomic mass is 10.2. The highest BCUT2D eigenvalue weighted by Crippen LogP contribution is 2.09. The number of hydrogen-bond acceptors (Lipinski definition) is 6. The number of hydrogen-bond donors (Lipinski definition) is 1. The van der Waals surface area contributed by atoms with Crippen LogP contribution in [0.15, 0.2) is 49.6 Å². The maximum atomic E-state index is 12.0. The minimum atomic E-state index is -0.268. The van der Waals surface area contributed by atoms with E-state index in [2.05, 4.69) is 30.4 Å². The Balaban J connectivity index is 1.82. The number of rotatable bonds is 3. The van der Waals surface area contributed by atoms with Gasteiger partial charge in [0, 0.05) is 24.0 Å². The van der Waals surface area contributed by atoms with E-state index in [4.69, 9.17) is 0 Å². The van der Waals surface area contributed by atoms with Gasteiger partial charge >= 0.3 is 0 Å². The van der Waals surface area contributed by atoms with Gasteiger partial charge in [-0.05, 0) is 12.1 Å². The normalized spacial score (nSPS) is 10.2. The standard InChI is InChI=1S/C12H9N7O/c20-12(9-1-3-13-4-2-9)18-10-5-11(16-7-15-10)19-8-14-6-17-19/h1-8H,(H,15,16,18,20). The van der Waals surface area contributed by atoms with Crippen LogP contribution < -0.4 is 5.32 Å². The summed E-state index contributed by atoms with van der Waals surface area (Å²) >= 11 is 0. The Kier molecular flexibility index (Phi) is 3.11. The number of amides is 1. The van der Waals surface area contributed by atoms with Gasteiger partial charge in [0.15, 0.2) is 5.82 Å². The van der Waals surface area contributed by atoms with E-state index >= 15 is 0 Å². The molecule has 3 aromatic heterocycles. The fraction of sp³-hybridized carbons (Fsp3) is 0. The molecule has 0 spiro atoms. The first-order valence-electron chi connectivity index (χ1n) is 5.71. The lowest BCUT2D eigenvalue weighted by Crippen LogP contribution is -2.13. The highest BCUT2D eigenvalue weighted by atomic mass is 16.1. The predicted molar refractivity (Wildman–Crippen MR) is 69.1 cm³/mol. The predicted octanol–water partition coefficient (Wildman–Crippen LogP) is 0.705. The van der Waals surface area contributed by atoms with Crippen LogP contribution in [0.2, 0.25) is 0 Å². The molecule has 3 rings (SSSR count). The van der Waals surface area contributed by atoms with E-state index in [9.17, 15) is 4.79 Å². The highest BCUT2D eigenvalue weighted by Gasteiger charge is 2.07. The Morgan fingerprint density at radius 1 is 1.10 bits per heavy atom. The molecule has 20 heavy (non-hydrogen) atoms. The van der Waals surface area contributed by atoms with Gasteiger partial charge in [-0.1, -0.05) is 0 Å². The maximum Gasteiger partial charge on any atom is 0.256 e. The second-order valence-corrected chi connectivity index (χ2v) is 3.79. The largest absolute Gasteiger partial charge is 0.306 e. The minimum Gasteiger partial charge on any atom is -0.306 e. The zero-order chi connectivity index (χ0) is 13.8. The van der Waals surface area contributed by atoms with Crippen molar-refractivity contribution >= 4 is 11.7 Å². The summed E-state index contributed by atoms with van der Waals surface area (Å²) in [6.45, 7) is 0. The maximum absolute atomic E-state index is 12.0. The molecule has 0 atom stereocenters. The van der Waals surface area contributed by atoms with Gasteiger partial charge in [0.25, 0.3) is 5.91 Å². The number of aromatic nitrogens is 6. The monoisotopic (exact) mass is 267 g/mol. The molecule has 0 unspecified atom stereocenters. The summed E-state index contributed by atoms with van der Waals surface area (Å²) < 4.78 is 1.48. The molecule has 0 aliphatic rings. The number of carbonyl (C=O) groups excluding carboxylic acids is 1. The van der Waals surface area contributed by atoms with Gasteiger partial charge < -0.3 is 5.32 Å². The Hall–Kier alpha value is -3.16. The fourth-order valence-corrected chi connectivity index (χ4v) is 1.56. The molecule has 0 aromatic carbocycles. The second kappa shape index (κ2) is 5.22. The summed E-state index contributed by atoms with van der Waals surface area (Å²) in [6, 6.07) is 4.84. The molecule has 0 saturated carbocycles. The Morgan fingerprint density at radius 2 is 1.95 bits per heavy atom. The molecule has 0 aliphatic heterocycles. The molecule has 0 saturated heterocycles. The van der Waals surface area contributed by atoms with Gasteiger partial charge in [0.1, 0.15) is 24.8 Å². The van der Waals surface area contributed by atoms with Crippen LogP contribution in [-0.4, -0.2) is 35.6 Å². The molecule has 0 radical (unpaired) electrons. The third-order valence-corrected chi connectivity index (χ3v) is 2.49. The van der Waals surface area contributed by atoms with Crippen LogP contribution in [-0.2, 0) is 0 Å². The van der Waals surface area contributed by atoms with Crippen LogP contribution in [0.5, 0.6) is 0 Å². The zero-order valence-electron chi connectivity index (χ0n) is 10.2. The van der Waals surface area contributed by atoms with Crippen molar-refractivity contribution in [2.45, 2.75) is 0 Å². The molecule has 0 aliphatic carbocycles. The average molecular weight is 267 g/mol. The Bertz CT molecular complexity index is 712. The summed E-state index contributed by atoms with van der Waals surface area (Å²) in [5.74, 6) is 0.630. The molecular weight excluding hydrogens is 258 g/mol. The van der Waals surface area contributed by atoms with Crippen molar-refractivity contribution in [2.75, 3.05) is 5.32 Å². The SMILES string of the molecule is O=C(Nc1cc(-n2cncn2)ncn1)c1ccncc1. The van der Waals surface area contributed by atoms with Gasteiger partial charge in [-0.3, -0.25) is 9.78 Å². The van der Waals surface area contributed by atoms with E-state index < -0.39 is 0 Å². The molecular formula is C12H9N7O. The summed E-state index contributed by atoms with van der Waals surface area (Å²) in [7, 11) is 0. The van der Waals surface area contributed by atoms with Gasteiger partial charge in [-0.25, -0.2) is 19.6 Å². The first-order valence-corrected chi connectivity index (χ1v) is 5.71. The van der Waals surface area contributed by atoms with E-state index in [-0.39, 0.29) is 5.91 Å². The number of carbonyl (C=O) groups is 1. The lowest BCUT2D eigenvalue weighted by molar-refractivity contribution is 0.102. The number of nitrogens with one attached hydrogen (secondary N) is 1. The first-order chi connectivity index (χ1) is 9.83. The van der Waals surface area contributed by atoms with E-state index in [0.717, 1.165) is 0 Å². The van der Waals surface area contributed by atoms with Crippen molar-refractivity contribution in [1.82, 2.24) is 29.7 Å². The van der Waals surface area contributed by atoms with Crippen molar-refractivity contribution < 1.29 is 4.79 Å². The Labute approximate surface area is 113 Å². The van der Waals surface area contributed by atoms with Crippen LogP contribution in [0, 0.1) is 0 Å². The first kappa shape index (κ1) is 11.9. The van der Waals surface area contributed by atoms with Crippen molar-refractivity contribution in [2.24, 2.45) is 0 Å². The molecule has 3 heterocycles. The van der Waals surface area contributed by atoms with E-state index in [1.165, 1.54) is 23.7 Å². The molecule has 8 nitrogen and oxygen atoms in total. The minimum absolute atomic E-state index is 0.268. The zero-order valence-corrected chi connectivity index (χ0v) is 10.2. The van der Waals surface area contributed by atoms with Crippen LogP contribution in [0.3, 0.4) is 0 Å². The highest BCUT2D eigenvalue weighted by molar-refractivity contribution is 6.03. The van der Waals surface area contributed by atoms with Crippen LogP contribution in [0.25, 0.3) is 5.82 Å². The molecule has 0 fully saturated rings. The quantitative estimate of drug-likeness (QED) is 0.750. The smallest absolute Gasteiger partial charge is 0.256 e. The van der Waals surface area contributed by atoms with Crippen LogP contribution >= 0.6 is 0 Å². The summed E-state index contributed by atoms with van der Waals surface area (Å²) in [5, 5.41) is 6.64. The number of pyridine rings is 1. The van der Waals surface area contributed by atoms with Crippen LogP contribution in [0.1, 0.15) is 10.4 Å². The Morgan fingerprint density at radius 3 is 2.70 bits per heavy atom. The molecule has 98 valence electrons. The molecule has 3 aromatic rings. The average Bonchev–Trinajstić information content (AvgIpc) is 3.03. The lowest BCUT2D eigenvalue weighted by Gasteiger charge is -2.05. The van der Waals surface area contributed by atoms with Crippen molar-refractivity contribution in [1.29, 1.82) is 0 Å². The number of anilines is 1. The summed E-state index contributed by atoms with van der Waals surface area (Å²) in [6.07, 6.45) is 7.36. The molecule has 0 bridgehead atoms. The van der Waals surface area contributed by atoms with Crippen molar-refractivity contribution in [3.05, 3.63) is 55.1 Å². The summed E-state index contributed by atoms with van der Waals surface area (Å²) in [5.41, 5.74) is 0.501. The topological polar surface area (TPSA) is 98.5 Å². The fourth-order valence-electron chi connectivity index (χ4n) is 1.56. The van der Waals surface area contributed by atoms with Gasteiger partial charge in [0.05, 0.1) is 0 Å².